The number of halogens is 2. The minimum atomic E-state index is -0.830. The van der Waals surface area contributed by atoms with Gasteiger partial charge in [0.2, 0.25) is 0 Å². The number of urea groups is 1. The Morgan fingerprint density at radius 2 is 1.64 bits per heavy atom. The number of nitrogens with zero attached hydrogens (tertiary/aromatic N) is 1. The second-order valence-corrected chi connectivity index (χ2v) is 9.31. The zero-order chi connectivity index (χ0) is 27.9. The Balaban J connectivity index is 1.57. The number of barbiturate groups is 1. The first kappa shape index (κ1) is 28.0. The van der Waals surface area contributed by atoms with Crippen molar-refractivity contribution in [3.8, 4) is 17.2 Å². The molecule has 8 nitrogen and oxygen atoms in total. The SMILES string of the molecule is CCCOc1ccc(N2C(=O)NC(=O)/C(=C/c3ccc(OCc4ccc(Cl)cc4Cl)c(OCC)c3)C2=O)cc1. The van der Waals surface area contributed by atoms with Crippen molar-refractivity contribution < 1.29 is 28.6 Å². The third-order valence-electron chi connectivity index (χ3n) is 5.65. The van der Waals surface area contributed by atoms with Gasteiger partial charge in [-0.25, -0.2) is 9.69 Å². The van der Waals surface area contributed by atoms with Gasteiger partial charge in [0.25, 0.3) is 11.8 Å². The van der Waals surface area contributed by atoms with E-state index in [1.165, 1.54) is 6.08 Å². The fourth-order valence-corrected chi connectivity index (χ4v) is 4.23. The van der Waals surface area contributed by atoms with Crippen LogP contribution in [0, 0.1) is 0 Å². The number of nitrogens with one attached hydrogen (secondary N) is 1. The van der Waals surface area contributed by atoms with Gasteiger partial charge in [-0.05, 0) is 73.5 Å². The Morgan fingerprint density at radius 1 is 0.872 bits per heavy atom. The highest BCUT2D eigenvalue weighted by Gasteiger charge is 2.36. The quantitative estimate of drug-likeness (QED) is 0.224. The zero-order valence-corrected chi connectivity index (χ0v) is 22.8. The Morgan fingerprint density at radius 3 is 2.33 bits per heavy atom. The Kier molecular flexibility index (Phi) is 9.11. The van der Waals surface area contributed by atoms with E-state index in [1.807, 2.05) is 13.8 Å². The molecular formula is C29H26Cl2N2O6. The number of ether oxygens (including phenoxy) is 3. The van der Waals surface area contributed by atoms with E-state index in [9.17, 15) is 14.4 Å². The van der Waals surface area contributed by atoms with Crippen molar-refractivity contribution in [1.82, 2.24) is 5.32 Å². The molecule has 0 spiro atoms. The molecule has 1 saturated heterocycles. The molecule has 0 aliphatic carbocycles. The van der Waals surface area contributed by atoms with Crippen molar-refractivity contribution in [2.45, 2.75) is 26.9 Å². The summed E-state index contributed by atoms with van der Waals surface area (Å²) in [5.74, 6) is -0.0642. The van der Waals surface area contributed by atoms with Crippen molar-refractivity contribution in [2.75, 3.05) is 18.1 Å². The highest BCUT2D eigenvalue weighted by Crippen LogP contribution is 2.32. The molecule has 0 radical (unpaired) electrons. The summed E-state index contributed by atoms with van der Waals surface area (Å²) >= 11 is 12.2. The first-order valence-corrected chi connectivity index (χ1v) is 13.0. The second kappa shape index (κ2) is 12.7. The molecule has 3 aromatic carbocycles. The van der Waals surface area contributed by atoms with Gasteiger partial charge in [-0.2, -0.15) is 0 Å². The lowest BCUT2D eigenvalue weighted by Gasteiger charge is -2.26. The molecule has 1 aliphatic heterocycles. The Bertz CT molecular complexity index is 1420. The Labute approximate surface area is 236 Å². The number of carbonyl (C=O) groups excluding carboxylic acids is 3. The number of imide groups is 2. The fraction of sp³-hybridized carbons (Fsp3) is 0.207. The normalized spacial score (nSPS) is 14.4. The molecular weight excluding hydrogens is 543 g/mol. The maximum Gasteiger partial charge on any atom is 0.335 e. The highest BCUT2D eigenvalue weighted by atomic mass is 35.5. The van der Waals surface area contributed by atoms with Gasteiger partial charge in [0, 0.05) is 15.6 Å². The topological polar surface area (TPSA) is 94.2 Å². The van der Waals surface area contributed by atoms with E-state index < -0.39 is 17.8 Å². The molecule has 4 amide bonds. The summed E-state index contributed by atoms with van der Waals surface area (Å²) in [7, 11) is 0. The molecule has 1 fully saturated rings. The van der Waals surface area contributed by atoms with Crippen LogP contribution in [0.1, 0.15) is 31.4 Å². The predicted octanol–water partition coefficient (Wildman–Crippen LogP) is 6.43. The monoisotopic (exact) mass is 568 g/mol. The van der Waals surface area contributed by atoms with Crippen molar-refractivity contribution in [2.24, 2.45) is 0 Å². The van der Waals surface area contributed by atoms with Gasteiger partial charge in [0.1, 0.15) is 17.9 Å². The van der Waals surface area contributed by atoms with E-state index in [-0.39, 0.29) is 12.2 Å². The molecule has 1 heterocycles. The molecule has 1 aliphatic rings. The van der Waals surface area contributed by atoms with Gasteiger partial charge in [0.05, 0.1) is 18.9 Å². The van der Waals surface area contributed by atoms with E-state index in [1.54, 1.807) is 60.7 Å². The number of benzene rings is 3. The van der Waals surface area contributed by atoms with Gasteiger partial charge in [-0.1, -0.05) is 42.3 Å². The van der Waals surface area contributed by atoms with Crippen molar-refractivity contribution in [1.29, 1.82) is 0 Å². The summed E-state index contributed by atoms with van der Waals surface area (Å²) in [4.78, 5) is 39.3. The highest BCUT2D eigenvalue weighted by molar-refractivity contribution is 6.39. The van der Waals surface area contributed by atoms with Gasteiger partial charge < -0.3 is 14.2 Å². The maximum absolute atomic E-state index is 13.3. The summed E-state index contributed by atoms with van der Waals surface area (Å²) < 4.78 is 17.2. The van der Waals surface area contributed by atoms with Crippen molar-refractivity contribution in [3.63, 3.8) is 0 Å². The lowest BCUT2D eigenvalue weighted by molar-refractivity contribution is -0.122. The van der Waals surface area contributed by atoms with Crippen LogP contribution in [-0.4, -0.2) is 31.1 Å². The van der Waals surface area contributed by atoms with Crippen LogP contribution in [0.4, 0.5) is 10.5 Å². The molecule has 0 atom stereocenters. The predicted molar refractivity (Wildman–Crippen MR) is 150 cm³/mol. The fourth-order valence-electron chi connectivity index (χ4n) is 3.77. The van der Waals surface area contributed by atoms with E-state index in [2.05, 4.69) is 5.32 Å². The van der Waals surface area contributed by atoms with Crippen molar-refractivity contribution in [3.05, 3.63) is 87.4 Å². The van der Waals surface area contributed by atoms with Crippen LogP contribution in [0.5, 0.6) is 17.2 Å². The van der Waals surface area contributed by atoms with Crippen LogP contribution in [0.15, 0.2) is 66.2 Å². The molecule has 39 heavy (non-hydrogen) atoms. The standard InChI is InChI=1S/C29H26Cl2N2O6/c1-3-13-38-22-10-8-21(9-11-22)33-28(35)23(27(34)32-29(33)36)14-18-5-12-25(26(15-18)37-4-2)39-17-19-6-7-20(30)16-24(19)31/h5-12,14-16H,3-4,13,17H2,1-2H3,(H,32,34,36)/b23-14-. The second-order valence-electron chi connectivity index (χ2n) is 8.46. The summed E-state index contributed by atoms with van der Waals surface area (Å²) in [5, 5.41) is 3.23. The maximum atomic E-state index is 13.3. The van der Waals surface area contributed by atoms with Crippen LogP contribution in [0.25, 0.3) is 6.08 Å². The van der Waals surface area contributed by atoms with E-state index in [0.717, 1.165) is 16.9 Å². The lowest BCUT2D eigenvalue weighted by atomic mass is 10.1. The first-order chi connectivity index (χ1) is 18.8. The van der Waals surface area contributed by atoms with Crippen LogP contribution >= 0.6 is 23.2 Å². The molecule has 10 heteroatoms. The van der Waals surface area contributed by atoms with E-state index in [0.29, 0.717) is 51.8 Å². The number of rotatable bonds is 10. The lowest BCUT2D eigenvalue weighted by Crippen LogP contribution is -2.54. The first-order valence-electron chi connectivity index (χ1n) is 12.3. The summed E-state index contributed by atoms with van der Waals surface area (Å²) in [6.45, 7) is 4.90. The van der Waals surface area contributed by atoms with Crippen molar-refractivity contribution >= 4 is 52.8 Å². The third kappa shape index (κ3) is 6.71. The molecule has 1 N–H and O–H groups in total. The van der Waals surface area contributed by atoms with Gasteiger partial charge in [-0.3, -0.25) is 14.9 Å². The van der Waals surface area contributed by atoms with Crippen LogP contribution < -0.4 is 24.4 Å². The third-order valence-corrected chi connectivity index (χ3v) is 6.23. The Hall–Kier alpha value is -4.01. The van der Waals surface area contributed by atoms with E-state index >= 15 is 0 Å². The summed E-state index contributed by atoms with van der Waals surface area (Å²) in [6.07, 6.45) is 2.25. The van der Waals surface area contributed by atoms with Gasteiger partial charge >= 0.3 is 6.03 Å². The number of anilines is 1. The van der Waals surface area contributed by atoms with Crippen LogP contribution in [0.2, 0.25) is 10.0 Å². The van der Waals surface area contributed by atoms with Crippen LogP contribution in [-0.2, 0) is 16.2 Å². The van der Waals surface area contributed by atoms with Crippen LogP contribution in [0.3, 0.4) is 0 Å². The summed E-state index contributed by atoms with van der Waals surface area (Å²) in [6, 6.07) is 15.8. The molecule has 202 valence electrons. The largest absolute Gasteiger partial charge is 0.494 e. The molecule has 0 unspecified atom stereocenters. The number of amides is 4. The zero-order valence-electron chi connectivity index (χ0n) is 21.3. The summed E-state index contributed by atoms with van der Waals surface area (Å²) in [5.41, 5.74) is 1.35. The molecule has 0 aromatic heterocycles. The van der Waals surface area contributed by atoms with Gasteiger partial charge in [0.15, 0.2) is 11.5 Å². The van der Waals surface area contributed by atoms with E-state index in [4.69, 9.17) is 37.4 Å². The average molecular weight is 569 g/mol. The number of hydrogen-bond acceptors (Lipinski definition) is 6. The molecule has 3 aromatic rings. The molecule has 4 rings (SSSR count). The average Bonchev–Trinajstić information content (AvgIpc) is 2.91. The molecule has 0 bridgehead atoms. The number of hydrogen-bond donors (Lipinski definition) is 1. The van der Waals surface area contributed by atoms with Gasteiger partial charge in [-0.15, -0.1) is 0 Å². The smallest absolute Gasteiger partial charge is 0.335 e. The minimum Gasteiger partial charge on any atom is -0.494 e. The number of carbonyl (C=O) groups is 3. The molecule has 0 saturated carbocycles. The minimum absolute atomic E-state index is 0.177.